The minimum atomic E-state index is -3.76. The third kappa shape index (κ3) is 4.06. The van der Waals surface area contributed by atoms with E-state index in [1.165, 1.54) is 11.2 Å². The SMILES string of the molecule is C[C@]1(CS(=O)(=O)N2CC=C(C#Cc3cccc4c3CCN4C=O)CC2)NC(=O)NC1=O. The van der Waals surface area contributed by atoms with Crippen LogP contribution in [-0.4, -0.2) is 62.0 Å². The van der Waals surface area contributed by atoms with Gasteiger partial charge in [0.1, 0.15) is 5.54 Å². The van der Waals surface area contributed by atoms with Crippen LogP contribution in [0.4, 0.5) is 10.5 Å². The number of hydrogen-bond donors (Lipinski definition) is 2. The highest BCUT2D eigenvalue weighted by Gasteiger charge is 2.46. The normalized spacial score (nSPS) is 23.4. The molecule has 0 radical (unpaired) electrons. The van der Waals surface area contributed by atoms with Crippen molar-refractivity contribution in [3.05, 3.63) is 41.0 Å². The van der Waals surface area contributed by atoms with Crippen LogP contribution in [0.15, 0.2) is 29.8 Å². The Kier molecular flexibility index (Phi) is 5.33. The van der Waals surface area contributed by atoms with Gasteiger partial charge >= 0.3 is 6.03 Å². The highest BCUT2D eigenvalue weighted by molar-refractivity contribution is 7.89. The Morgan fingerprint density at radius 1 is 1.19 bits per heavy atom. The van der Waals surface area contributed by atoms with Crippen molar-refractivity contribution < 1.29 is 22.8 Å². The topological polar surface area (TPSA) is 116 Å². The van der Waals surface area contributed by atoms with Gasteiger partial charge in [-0.3, -0.25) is 14.9 Å². The zero-order valence-electron chi connectivity index (χ0n) is 17.0. The van der Waals surface area contributed by atoms with Crippen LogP contribution in [0.25, 0.3) is 0 Å². The summed E-state index contributed by atoms with van der Waals surface area (Å²) < 4.78 is 26.8. The third-order valence-corrected chi connectivity index (χ3v) is 7.76. The summed E-state index contributed by atoms with van der Waals surface area (Å²) in [5.74, 6) is 5.13. The van der Waals surface area contributed by atoms with Crippen LogP contribution in [0.5, 0.6) is 0 Å². The highest BCUT2D eigenvalue weighted by atomic mass is 32.2. The number of fused-ring (bicyclic) bond motifs is 1. The molecule has 3 heterocycles. The van der Waals surface area contributed by atoms with E-state index in [2.05, 4.69) is 22.5 Å². The van der Waals surface area contributed by atoms with E-state index in [1.807, 2.05) is 18.2 Å². The number of carbonyl (C=O) groups excluding carboxylic acids is 3. The molecule has 1 saturated heterocycles. The number of rotatable bonds is 4. The van der Waals surface area contributed by atoms with Gasteiger partial charge in [-0.25, -0.2) is 13.2 Å². The summed E-state index contributed by atoms with van der Waals surface area (Å²) in [6.07, 6.45) is 3.80. The monoisotopic (exact) mass is 442 g/mol. The van der Waals surface area contributed by atoms with Crippen LogP contribution in [-0.2, 0) is 26.0 Å². The Bertz CT molecular complexity index is 1160. The van der Waals surface area contributed by atoms with Gasteiger partial charge in [-0.15, -0.1) is 0 Å². The molecule has 9 nitrogen and oxygen atoms in total. The average molecular weight is 442 g/mol. The van der Waals surface area contributed by atoms with Gasteiger partial charge in [-0.05, 0) is 37.5 Å². The van der Waals surface area contributed by atoms with E-state index in [1.54, 1.807) is 11.0 Å². The second-order valence-electron chi connectivity index (χ2n) is 7.94. The second-order valence-corrected chi connectivity index (χ2v) is 9.90. The van der Waals surface area contributed by atoms with Gasteiger partial charge in [0.15, 0.2) is 0 Å². The largest absolute Gasteiger partial charge is 0.322 e. The van der Waals surface area contributed by atoms with Crippen molar-refractivity contribution >= 4 is 34.1 Å². The van der Waals surface area contributed by atoms with E-state index in [0.717, 1.165) is 35.2 Å². The number of nitrogens with one attached hydrogen (secondary N) is 2. The summed E-state index contributed by atoms with van der Waals surface area (Å²) in [6, 6.07) is 5.00. The van der Waals surface area contributed by atoms with Gasteiger partial charge in [-0.2, -0.15) is 4.31 Å². The highest BCUT2D eigenvalue weighted by Crippen LogP contribution is 2.29. The third-order valence-electron chi connectivity index (χ3n) is 5.70. The summed E-state index contributed by atoms with van der Waals surface area (Å²) >= 11 is 0. The van der Waals surface area contributed by atoms with Gasteiger partial charge in [-0.1, -0.05) is 24.0 Å². The number of benzene rings is 1. The van der Waals surface area contributed by atoms with E-state index >= 15 is 0 Å². The number of nitrogens with zero attached hydrogens (tertiary/aromatic N) is 2. The molecule has 0 bridgehead atoms. The number of urea groups is 1. The molecule has 4 rings (SSSR count). The molecule has 0 aromatic heterocycles. The quantitative estimate of drug-likeness (QED) is 0.390. The standard InChI is InChI=1S/C21H22N4O5S/c1-21(19(27)22-20(28)23-21)13-31(29,30)25-11-7-15(8-12-25)5-6-16-3-2-4-18-17(16)9-10-24(18)14-26/h2-4,7,14H,8-13H2,1H3,(H2,22,23,27,28)/t21-/m1/s1. The maximum Gasteiger partial charge on any atom is 0.322 e. The molecule has 162 valence electrons. The van der Waals surface area contributed by atoms with Crippen LogP contribution in [0.2, 0.25) is 0 Å². The number of hydrogen-bond acceptors (Lipinski definition) is 5. The summed E-state index contributed by atoms with van der Waals surface area (Å²) in [5.41, 5.74) is 2.16. The van der Waals surface area contributed by atoms with E-state index in [4.69, 9.17) is 0 Å². The fourth-order valence-electron chi connectivity index (χ4n) is 3.99. The fourth-order valence-corrected chi connectivity index (χ4v) is 5.77. The van der Waals surface area contributed by atoms with Crippen LogP contribution in [0.1, 0.15) is 24.5 Å². The molecule has 0 spiro atoms. The summed E-state index contributed by atoms with van der Waals surface area (Å²) in [4.78, 5) is 36.1. The molecule has 1 fully saturated rings. The molecule has 0 aliphatic carbocycles. The predicted octanol–water partition coefficient (Wildman–Crippen LogP) is 0.117. The second kappa shape index (κ2) is 7.83. The predicted molar refractivity (Wildman–Crippen MR) is 114 cm³/mol. The molecule has 2 N–H and O–H groups in total. The van der Waals surface area contributed by atoms with Crippen molar-refractivity contribution in [2.24, 2.45) is 0 Å². The van der Waals surface area contributed by atoms with E-state index in [0.29, 0.717) is 13.0 Å². The average Bonchev–Trinajstić information content (AvgIpc) is 3.26. The maximum absolute atomic E-state index is 12.8. The number of imide groups is 1. The Morgan fingerprint density at radius 3 is 2.65 bits per heavy atom. The molecule has 4 amide bonds. The molecule has 3 aliphatic heterocycles. The molecular formula is C21H22N4O5S. The number of sulfonamides is 1. The lowest BCUT2D eigenvalue weighted by Crippen LogP contribution is -2.52. The van der Waals surface area contributed by atoms with Crippen molar-refractivity contribution in [2.75, 3.05) is 30.3 Å². The maximum atomic E-state index is 12.8. The van der Waals surface area contributed by atoms with Crippen molar-refractivity contribution in [3.63, 3.8) is 0 Å². The van der Waals surface area contributed by atoms with Gasteiger partial charge in [0.2, 0.25) is 16.4 Å². The molecular weight excluding hydrogens is 420 g/mol. The zero-order valence-corrected chi connectivity index (χ0v) is 17.8. The molecule has 1 atom stereocenters. The van der Waals surface area contributed by atoms with Gasteiger partial charge in [0.05, 0.1) is 5.75 Å². The van der Waals surface area contributed by atoms with Gasteiger partial charge in [0.25, 0.3) is 5.91 Å². The molecule has 31 heavy (non-hydrogen) atoms. The lowest BCUT2D eigenvalue weighted by atomic mass is 10.0. The van der Waals surface area contributed by atoms with Crippen LogP contribution < -0.4 is 15.5 Å². The summed E-state index contributed by atoms with van der Waals surface area (Å²) in [6.45, 7) is 2.44. The molecule has 10 heteroatoms. The minimum absolute atomic E-state index is 0.157. The number of carbonyl (C=O) groups is 3. The molecule has 3 aliphatic rings. The van der Waals surface area contributed by atoms with Crippen LogP contribution in [0, 0.1) is 11.8 Å². The smallest absolute Gasteiger partial charge is 0.322 e. The Morgan fingerprint density at radius 2 is 2.00 bits per heavy atom. The molecule has 0 saturated carbocycles. The zero-order chi connectivity index (χ0) is 22.2. The first-order valence-electron chi connectivity index (χ1n) is 9.88. The Hall–Kier alpha value is -3.16. The first kappa shape index (κ1) is 21.1. The molecule has 1 aromatic carbocycles. The van der Waals surface area contributed by atoms with Crippen LogP contribution in [0.3, 0.4) is 0 Å². The number of amides is 4. The first-order chi connectivity index (χ1) is 14.7. The number of anilines is 1. The minimum Gasteiger partial charge on any atom is -0.322 e. The van der Waals surface area contributed by atoms with E-state index in [9.17, 15) is 22.8 Å². The fraction of sp³-hybridized carbons (Fsp3) is 0.381. The molecule has 0 unspecified atom stereocenters. The van der Waals surface area contributed by atoms with Crippen molar-refractivity contribution in [1.29, 1.82) is 0 Å². The lowest BCUT2D eigenvalue weighted by molar-refractivity contribution is -0.122. The Labute approximate surface area is 180 Å². The lowest BCUT2D eigenvalue weighted by Gasteiger charge is -2.28. The summed E-state index contributed by atoms with van der Waals surface area (Å²) in [5, 5.41) is 4.45. The van der Waals surface area contributed by atoms with E-state index in [-0.39, 0.29) is 13.1 Å². The van der Waals surface area contributed by atoms with Crippen molar-refractivity contribution in [2.45, 2.75) is 25.3 Å². The van der Waals surface area contributed by atoms with Crippen molar-refractivity contribution in [3.8, 4) is 11.8 Å². The van der Waals surface area contributed by atoms with E-state index < -0.39 is 33.3 Å². The van der Waals surface area contributed by atoms with Gasteiger partial charge in [0, 0.05) is 36.5 Å². The van der Waals surface area contributed by atoms with Crippen molar-refractivity contribution in [1.82, 2.24) is 14.9 Å². The van der Waals surface area contributed by atoms with Crippen LogP contribution >= 0.6 is 0 Å². The van der Waals surface area contributed by atoms with Gasteiger partial charge < -0.3 is 10.2 Å². The molecule has 1 aromatic rings. The first-order valence-corrected chi connectivity index (χ1v) is 11.5. The summed E-state index contributed by atoms with van der Waals surface area (Å²) in [7, 11) is -3.76. The Balaban J connectivity index is 1.45.